The summed E-state index contributed by atoms with van der Waals surface area (Å²) in [6, 6.07) is 46.9. The molecule has 4 aromatic carbocycles. The van der Waals surface area contributed by atoms with Gasteiger partial charge < -0.3 is 9.80 Å². The van der Waals surface area contributed by atoms with Crippen LogP contribution in [0.5, 0.6) is 0 Å². The summed E-state index contributed by atoms with van der Waals surface area (Å²) in [5.41, 5.74) is 14.4. The van der Waals surface area contributed by atoms with E-state index in [4.69, 9.17) is 15.0 Å². The van der Waals surface area contributed by atoms with Crippen LogP contribution >= 0.6 is 0 Å². The Morgan fingerprint density at radius 3 is 1.36 bits per heavy atom. The topological polar surface area (TPSA) is 45.2 Å². The van der Waals surface area contributed by atoms with Crippen LogP contribution < -0.4 is 26.2 Å². The molecule has 0 aliphatic carbocycles. The highest BCUT2D eigenvalue weighted by molar-refractivity contribution is 7.00. The lowest BCUT2D eigenvalue weighted by atomic mass is 9.33. The molecule has 0 atom stereocenters. The minimum atomic E-state index is -0.0322. The van der Waals surface area contributed by atoms with Gasteiger partial charge in [0, 0.05) is 35.1 Å². The Bertz CT molecular complexity index is 2020. The third kappa shape index (κ3) is 4.07. The summed E-state index contributed by atoms with van der Waals surface area (Å²) < 4.78 is 0. The number of benzene rings is 4. The van der Waals surface area contributed by atoms with Crippen molar-refractivity contribution in [2.24, 2.45) is 0 Å². The van der Waals surface area contributed by atoms with Gasteiger partial charge in [0.2, 0.25) is 0 Å². The van der Waals surface area contributed by atoms with Gasteiger partial charge in [-0.15, -0.1) is 0 Å². The van der Waals surface area contributed by atoms with Crippen LogP contribution in [0, 0.1) is 0 Å². The van der Waals surface area contributed by atoms with Crippen molar-refractivity contribution in [2.45, 2.75) is 0 Å². The molecule has 5 heterocycles. The van der Waals surface area contributed by atoms with Gasteiger partial charge in [-0.1, -0.05) is 72.8 Å². The van der Waals surface area contributed by atoms with E-state index in [0.717, 1.165) is 56.6 Å². The van der Waals surface area contributed by atoms with Gasteiger partial charge >= 0.3 is 0 Å². The number of aromatic nitrogens is 3. The van der Waals surface area contributed by atoms with Gasteiger partial charge in [-0.3, -0.25) is 15.0 Å². The first-order valence-corrected chi connectivity index (χ1v) is 15.1. The number of nitrogens with zero attached hydrogens (tertiary/aromatic N) is 5. The highest BCUT2D eigenvalue weighted by atomic mass is 15.2. The molecule has 9 rings (SSSR count). The lowest BCUT2D eigenvalue weighted by molar-refractivity contribution is 1.20. The van der Waals surface area contributed by atoms with Crippen LogP contribution in [-0.4, -0.2) is 21.7 Å². The first kappa shape index (κ1) is 25.5. The molecule has 0 spiro atoms. The molecule has 2 aliphatic rings. The van der Waals surface area contributed by atoms with Crippen LogP contribution in [0.4, 0.5) is 34.1 Å². The van der Waals surface area contributed by atoms with Crippen LogP contribution in [0.25, 0.3) is 22.5 Å². The van der Waals surface area contributed by atoms with Crippen molar-refractivity contribution < 1.29 is 0 Å². The molecule has 0 amide bonds. The van der Waals surface area contributed by atoms with Crippen LogP contribution in [0.3, 0.4) is 0 Å². The highest BCUT2D eigenvalue weighted by Crippen LogP contribution is 2.44. The Morgan fingerprint density at radius 1 is 0.444 bits per heavy atom. The number of fused-ring (bicyclic) bond motifs is 4. The Kier molecular flexibility index (Phi) is 5.84. The van der Waals surface area contributed by atoms with Gasteiger partial charge in [0.1, 0.15) is 0 Å². The van der Waals surface area contributed by atoms with Gasteiger partial charge in [-0.05, 0) is 88.2 Å². The maximum absolute atomic E-state index is 4.86. The summed E-state index contributed by atoms with van der Waals surface area (Å²) in [7, 11) is 0. The zero-order valence-corrected chi connectivity index (χ0v) is 24.3. The molecule has 0 N–H and O–H groups in total. The minimum Gasteiger partial charge on any atom is -0.310 e. The average molecular weight is 575 g/mol. The van der Waals surface area contributed by atoms with E-state index in [0.29, 0.717) is 0 Å². The molecule has 5 nitrogen and oxygen atoms in total. The number of pyridine rings is 3. The molecule has 0 unspecified atom stereocenters. The standard InChI is InChI=1S/C39H26BN5/c1-3-11-29(12-4-1)44-35-19-17-27(33-15-7-9-21-42-33)23-31(35)40-32-24-28(34-16-8-10-22-43-34)18-20-36(32)45(30-13-5-2-6-14-30)38-26-41-25-37(44)39(38)40/h1-26H. The Balaban J connectivity index is 1.37. The van der Waals surface area contributed by atoms with Crippen molar-refractivity contribution in [3.8, 4) is 22.5 Å². The molecule has 2 aliphatic heterocycles. The average Bonchev–Trinajstić information content (AvgIpc) is 3.12. The minimum absolute atomic E-state index is 0.0322. The van der Waals surface area contributed by atoms with Crippen molar-refractivity contribution in [1.82, 2.24) is 15.0 Å². The van der Waals surface area contributed by atoms with Gasteiger partial charge in [0.05, 0.1) is 35.2 Å². The largest absolute Gasteiger partial charge is 0.310 e. The molecule has 45 heavy (non-hydrogen) atoms. The molecule has 0 bridgehead atoms. The van der Waals surface area contributed by atoms with Crippen LogP contribution in [0.15, 0.2) is 158 Å². The Hall–Kier alpha value is -6.01. The third-order valence-corrected chi connectivity index (χ3v) is 8.83. The summed E-state index contributed by atoms with van der Waals surface area (Å²) in [5, 5.41) is 0. The van der Waals surface area contributed by atoms with Crippen molar-refractivity contribution in [1.29, 1.82) is 0 Å². The summed E-state index contributed by atoms with van der Waals surface area (Å²) in [6.45, 7) is -0.0322. The fourth-order valence-corrected chi connectivity index (χ4v) is 6.91. The second kappa shape index (κ2) is 10.3. The van der Waals surface area contributed by atoms with Crippen LogP contribution in [0.2, 0.25) is 0 Å². The van der Waals surface area contributed by atoms with E-state index < -0.39 is 0 Å². The molecule has 3 aromatic heterocycles. The number of para-hydroxylation sites is 2. The number of anilines is 6. The maximum atomic E-state index is 4.86. The molecule has 7 aromatic rings. The van der Waals surface area contributed by atoms with Gasteiger partial charge in [0.15, 0.2) is 0 Å². The lowest BCUT2D eigenvalue weighted by Crippen LogP contribution is -2.61. The Labute approximate surface area is 262 Å². The van der Waals surface area contributed by atoms with E-state index in [-0.39, 0.29) is 6.71 Å². The fourth-order valence-electron chi connectivity index (χ4n) is 6.91. The molecule has 0 radical (unpaired) electrons. The second-order valence-corrected chi connectivity index (χ2v) is 11.3. The number of rotatable bonds is 4. The fraction of sp³-hybridized carbons (Fsp3) is 0. The molecule has 6 heteroatoms. The second-order valence-electron chi connectivity index (χ2n) is 11.3. The summed E-state index contributed by atoms with van der Waals surface area (Å²) in [5.74, 6) is 0. The Morgan fingerprint density at radius 2 is 0.911 bits per heavy atom. The summed E-state index contributed by atoms with van der Waals surface area (Å²) in [6.07, 6.45) is 7.75. The summed E-state index contributed by atoms with van der Waals surface area (Å²) in [4.78, 5) is 19.0. The zero-order chi connectivity index (χ0) is 29.7. The smallest absolute Gasteiger partial charge is 0.252 e. The highest BCUT2D eigenvalue weighted by Gasteiger charge is 2.43. The van der Waals surface area contributed by atoms with E-state index in [2.05, 4.69) is 119 Å². The molecule has 0 saturated carbocycles. The van der Waals surface area contributed by atoms with Gasteiger partial charge in [-0.2, -0.15) is 0 Å². The zero-order valence-electron chi connectivity index (χ0n) is 24.3. The van der Waals surface area contributed by atoms with Gasteiger partial charge in [0.25, 0.3) is 6.71 Å². The molecule has 0 saturated heterocycles. The third-order valence-electron chi connectivity index (χ3n) is 8.83. The van der Waals surface area contributed by atoms with E-state index in [1.54, 1.807) is 0 Å². The number of hydrogen-bond donors (Lipinski definition) is 0. The quantitative estimate of drug-likeness (QED) is 0.206. The monoisotopic (exact) mass is 575 g/mol. The molecule has 0 fully saturated rings. The predicted molar refractivity (Wildman–Crippen MR) is 185 cm³/mol. The van der Waals surface area contributed by atoms with Crippen molar-refractivity contribution >= 4 is 57.2 Å². The van der Waals surface area contributed by atoms with Crippen LogP contribution in [-0.2, 0) is 0 Å². The molecule has 210 valence electrons. The normalized spacial score (nSPS) is 12.8. The summed E-state index contributed by atoms with van der Waals surface area (Å²) >= 11 is 0. The SMILES string of the molecule is c1ccc(N2c3ccc(-c4ccccn4)cc3B3c4cc(-c5ccccn5)ccc4N(c4ccccc4)c4cncc2c43)cc1. The number of hydrogen-bond acceptors (Lipinski definition) is 5. The molecular formula is C39H26BN5. The van der Waals surface area contributed by atoms with E-state index in [9.17, 15) is 0 Å². The predicted octanol–water partition coefficient (Wildman–Crippen LogP) is 7.29. The van der Waals surface area contributed by atoms with Gasteiger partial charge in [-0.25, -0.2) is 0 Å². The molecular weight excluding hydrogens is 549 g/mol. The van der Waals surface area contributed by atoms with E-state index >= 15 is 0 Å². The van der Waals surface area contributed by atoms with Crippen molar-refractivity contribution in [2.75, 3.05) is 9.80 Å². The maximum Gasteiger partial charge on any atom is 0.252 e. The van der Waals surface area contributed by atoms with E-state index in [1.807, 2.05) is 49.1 Å². The van der Waals surface area contributed by atoms with Crippen LogP contribution in [0.1, 0.15) is 0 Å². The van der Waals surface area contributed by atoms with Crippen molar-refractivity contribution in [3.05, 3.63) is 158 Å². The lowest BCUT2D eigenvalue weighted by Gasteiger charge is -2.43. The van der Waals surface area contributed by atoms with Crippen molar-refractivity contribution in [3.63, 3.8) is 0 Å². The van der Waals surface area contributed by atoms with E-state index in [1.165, 1.54) is 16.4 Å². The first-order chi connectivity index (χ1) is 22.3. The first-order valence-electron chi connectivity index (χ1n) is 15.1.